The summed E-state index contributed by atoms with van der Waals surface area (Å²) in [6.45, 7) is 5.04. The number of benzene rings is 1. The molecule has 26 heavy (non-hydrogen) atoms. The van der Waals surface area contributed by atoms with Crippen LogP contribution in [0.15, 0.2) is 36.5 Å². The van der Waals surface area contributed by atoms with E-state index >= 15 is 0 Å². The average molecular weight is 355 g/mol. The molecule has 1 aromatic heterocycles. The van der Waals surface area contributed by atoms with Crippen molar-refractivity contribution >= 4 is 17.5 Å². The molecule has 1 fully saturated rings. The van der Waals surface area contributed by atoms with E-state index in [9.17, 15) is 9.59 Å². The highest BCUT2D eigenvalue weighted by Gasteiger charge is 2.27. The lowest BCUT2D eigenvalue weighted by molar-refractivity contribution is -0.121. The monoisotopic (exact) mass is 355 g/mol. The molecule has 3 rings (SSSR count). The maximum absolute atomic E-state index is 12.7. The summed E-state index contributed by atoms with van der Waals surface area (Å²) in [5, 5.41) is 6.97. The highest BCUT2D eigenvalue weighted by molar-refractivity contribution is 6.02. The Labute approximate surface area is 153 Å². The lowest BCUT2D eigenvalue weighted by Crippen LogP contribution is -2.40. The zero-order valence-corrected chi connectivity index (χ0v) is 15.0. The summed E-state index contributed by atoms with van der Waals surface area (Å²) in [6, 6.07) is 10.3. The van der Waals surface area contributed by atoms with Crippen LogP contribution in [0.2, 0.25) is 0 Å². The van der Waals surface area contributed by atoms with Crippen molar-refractivity contribution in [2.75, 3.05) is 18.4 Å². The highest BCUT2D eigenvalue weighted by Crippen LogP contribution is 2.21. The molecule has 1 aliphatic rings. The molecule has 0 aliphatic carbocycles. The van der Waals surface area contributed by atoms with Gasteiger partial charge in [0, 0.05) is 25.8 Å². The van der Waals surface area contributed by atoms with Gasteiger partial charge < -0.3 is 11.1 Å². The highest BCUT2D eigenvalue weighted by atomic mass is 16.2. The van der Waals surface area contributed by atoms with Crippen molar-refractivity contribution in [1.29, 1.82) is 0 Å². The lowest BCUT2D eigenvalue weighted by atomic mass is 9.96. The number of carbonyl (C=O) groups is 2. The maximum Gasteiger partial charge on any atom is 0.271 e. The summed E-state index contributed by atoms with van der Waals surface area (Å²) in [5.41, 5.74) is 7.12. The number of anilines is 1. The number of aryl methyl sites for hydroxylation is 1. The average Bonchev–Trinajstić information content (AvgIpc) is 3.06. The minimum absolute atomic E-state index is 0.0825. The summed E-state index contributed by atoms with van der Waals surface area (Å²) in [5.74, 6) is -0.832. The quantitative estimate of drug-likeness (QED) is 0.827. The van der Waals surface area contributed by atoms with Crippen molar-refractivity contribution in [3.8, 4) is 0 Å². The molecule has 0 bridgehead atoms. The molecular formula is C19H25N5O2. The number of nitrogens with zero attached hydrogens (tertiary/aromatic N) is 3. The van der Waals surface area contributed by atoms with Gasteiger partial charge in [-0.2, -0.15) is 5.10 Å². The standard InChI is InChI=1S/C19H25N5O2/c1-2-24-13-16(17(22-24)18(20)25)21-19(26)15-9-6-10-23(12-15)11-14-7-4-3-5-8-14/h3-5,7-8,13,15H,2,6,9-12H2,1H3,(H2,20,25)(H,21,26). The van der Waals surface area contributed by atoms with Crippen molar-refractivity contribution in [1.82, 2.24) is 14.7 Å². The van der Waals surface area contributed by atoms with Gasteiger partial charge in [0.1, 0.15) is 0 Å². The molecule has 7 heteroatoms. The Hall–Kier alpha value is -2.67. The van der Waals surface area contributed by atoms with E-state index in [0.717, 1.165) is 25.9 Å². The Bertz CT molecular complexity index is 771. The molecule has 1 aliphatic heterocycles. The van der Waals surface area contributed by atoms with Crippen molar-refractivity contribution in [2.24, 2.45) is 11.7 Å². The molecule has 138 valence electrons. The predicted octanol–water partition coefficient (Wildman–Crippen LogP) is 1.85. The molecule has 1 unspecified atom stereocenters. The van der Waals surface area contributed by atoms with Gasteiger partial charge in [0.2, 0.25) is 5.91 Å². The first-order valence-corrected chi connectivity index (χ1v) is 9.01. The van der Waals surface area contributed by atoms with Crippen LogP contribution in [0.3, 0.4) is 0 Å². The topological polar surface area (TPSA) is 93.3 Å². The van der Waals surface area contributed by atoms with E-state index in [2.05, 4.69) is 27.4 Å². The van der Waals surface area contributed by atoms with Crippen LogP contribution in [0, 0.1) is 5.92 Å². The molecule has 2 amide bonds. The first-order valence-electron chi connectivity index (χ1n) is 9.01. The van der Waals surface area contributed by atoms with E-state index in [1.54, 1.807) is 10.9 Å². The summed E-state index contributed by atoms with van der Waals surface area (Å²) in [4.78, 5) is 26.6. The van der Waals surface area contributed by atoms with Gasteiger partial charge in [0.05, 0.1) is 11.6 Å². The number of aromatic nitrogens is 2. The molecule has 7 nitrogen and oxygen atoms in total. The van der Waals surface area contributed by atoms with Crippen LogP contribution in [0.1, 0.15) is 35.8 Å². The van der Waals surface area contributed by atoms with Gasteiger partial charge in [-0.25, -0.2) is 0 Å². The van der Waals surface area contributed by atoms with Gasteiger partial charge in [-0.3, -0.25) is 19.2 Å². The second-order valence-electron chi connectivity index (χ2n) is 6.66. The Morgan fingerprint density at radius 1 is 1.31 bits per heavy atom. The lowest BCUT2D eigenvalue weighted by Gasteiger charge is -2.32. The van der Waals surface area contributed by atoms with Crippen LogP contribution in [0.4, 0.5) is 5.69 Å². The third kappa shape index (κ3) is 4.29. The van der Waals surface area contributed by atoms with E-state index in [1.165, 1.54) is 5.56 Å². The number of carbonyl (C=O) groups excluding carboxylic acids is 2. The number of nitrogens with one attached hydrogen (secondary N) is 1. The smallest absolute Gasteiger partial charge is 0.271 e. The molecule has 2 heterocycles. The van der Waals surface area contributed by atoms with Crippen LogP contribution < -0.4 is 11.1 Å². The fraction of sp³-hybridized carbons (Fsp3) is 0.421. The molecule has 0 radical (unpaired) electrons. The van der Waals surface area contributed by atoms with Crippen molar-refractivity contribution in [3.05, 3.63) is 47.8 Å². The minimum Gasteiger partial charge on any atom is -0.364 e. The van der Waals surface area contributed by atoms with E-state index in [-0.39, 0.29) is 17.5 Å². The summed E-state index contributed by atoms with van der Waals surface area (Å²) < 4.78 is 1.60. The Balaban J connectivity index is 1.64. The van der Waals surface area contributed by atoms with Crippen LogP contribution in [0.25, 0.3) is 0 Å². The molecular weight excluding hydrogens is 330 g/mol. The zero-order chi connectivity index (χ0) is 18.5. The summed E-state index contributed by atoms with van der Waals surface area (Å²) in [6.07, 6.45) is 3.47. The van der Waals surface area contributed by atoms with Crippen molar-refractivity contribution < 1.29 is 9.59 Å². The molecule has 1 atom stereocenters. The first kappa shape index (κ1) is 18.1. The number of amides is 2. The number of piperidine rings is 1. The fourth-order valence-corrected chi connectivity index (χ4v) is 3.35. The van der Waals surface area contributed by atoms with E-state index in [4.69, 9.17) is 5.73 Å². The van der Waals surface area contributed by atoms with Crippen LogP contribution in [-0.2, 0) is 17.9 Å². The third-order valence-electron chi connectivity index (χ3n) is 4.70. The summed E-state index contributed by atoms with van der Waals surface area (Å²) >= 11 is 0. The largest absolute Gasteiger partial charge is 0.364 e. The molecule has 1 aromatic carbocycles. The number of hydrogen-bond donors (Lipinski definition) is 2. The van der Waals surface area contributed by atoms with E-state index in [1.807, 2.05) is 25.1 Å². The zero-order valence-electron chi connectivity index (χ0n) is 15.0. The third-order valence-corrected chi connectivity index (χ3v) is 4.70. The van der Waals surface area contributed by atoms with Gasteiger partial charge in [-0.05, 0) is 31.9 Å². The number of likely N-dealkylation sites (tertiary alicyclic amines) is 1. The van der Waals surface area contributed by atoms with Gasteiger partial charge in [-0.15, -0.1) is 0 Å². The van der Waals surface area contributed by atoms with Crippen LogP contribution in [0.5, 0.6) is 0 Å². The second-order valence-corrected chi connectivity index (χ2v) is 6.66. The van der Waals surface area contributed by atoms with E-state index in [0.29, 0.717) is 18.8 Å². The number of hydrogen-bond acceptors (Lipinski definition) is 4. The van der Waals surface area contributed by atoms with E-state index < -0.39 is 5.91 Å². The molecule has 2 aromatic rings. The van der Waals surface area contributed by atoms with Crippen molar-refractivity contribution in [3.63, 3.8) is 0 Å². The molecule has 0 saturated carbocycles. The number of rotatable bonds is 6. The second kappa shape index (κ2) is 8.14. The Kier molecular flexibility index (Phi) is 5.68. The first-order chi connectivity index (χ1) is 12.6. The van der Waals surface area contributed by atoms with Crippen LogP contribution in [-0.4, -0.2) is 39.6 Å². The van der Waals surface area contributed by atoms with Gasteiger partial charge >= 0.3 is 0 Å². The number of nitrogens with two attached hydrogens (primary N) is 1. The van der Waals surface area contributed by atoms with Gasteiger partial charge in [0.15, 0.2) is 5.69 Å². The summed E-state index contributed by atoms with van der Waals surface area (Å²) in [7, 11) is 0. The van der Waals surface area contributed by atoms with Gasteiger partial charge in [0.25, 0.3) is 5.91 Å². The molecule has 1 saturated heterocycles. The Morgan fingerprint density at radius 2 is 2.08 bits per heavy atom. The molecule has 3 N–H and O–H groups in total. The SMILES string of the molecule is CCn1cc(NC(=O)C2CCCN(Cc3ccccc3)C2)c(C(N)=O)n1. The molecule has 0 spiro atoms. The van der Waals surface area contributed by atoms with Crippen LogP contribution >= 0.6 is 0 Å². The fourth-order valence-electron chi connectivity index (χ4n) is 3.35. The number of primary amides is 1. The maximum atomic E-state index is 12.7. The minimum atomic E-state index is -0.637. The Morgan fingerprint density at radius 3 is 2.77 bits per heavy atom. The predicted molar refractivity (Wildman–Crippen MR) is 99.5 cm³/mol. The van der Waals surface area contributed by atoms with Crippen molar-refractivity contribution in [2.45, 2.75) is 32.9 Å². The van der Waals surface area contributed by atoms with Gasteiger partial charge in [-0.1, -0.05) is 30.3 Å². The normalized spacial score (nSPS) is 17.8.